The van der Waals surface area contributed by atoms with Gasteiger partial charge in [-0.1, -0.05) is 17.3 Å². The van der Waals surface area contributed by atoms with Crippen molar-refractivity contribution in [2.75, 3.05) is 5.75 Å². The van der Waals surface area contributed by atoms with Gasteiger partial charge >= 0.3 is 0 Å². The molecule has 1 aliphatic heterocycles. The second-order valence-corrected chi connectivity index (χ2v) is 8.61. The predicted molar refractivity (Wildman–Crippen MR) is 102 cm³/mol. The lowest BCUT2D eigenvalue weighted by Gasteiger charge is -2.07. The van der Waals surface area contributed by atoms with Crippen LogP contribution in [0.15, 0.2) is 48.0 Å². The molecule has 27 heavy (non-hydrogen) atoms. The van der Waals surface area contributed by atoms with Crippen LogP contribution in [-0.4, -0.2) is 39.3 Å². The molecule has 0 saturated carbocycles. The molecule has 8 heteroatoms. The second kappa shape index (κ2) is 6.31. The Hall–Kier alpha value is -3.00. The normalized spacial score (nSPS) is 18.1. The third-order valence-corrected chi connectivity index (χ3v) is 6.09. The number of aryl methyl sites for hydroxylation is 2. The van der Waals surface area contributed by atoms with Crippen LogP contribution in [0.25, 0.3) is 22.5 Å². The molecule has 0 aliphatic carbocycles. The maximum atomic E-state index is 11.6. The van der Waals surface area contributed by atoms with E-state index in [1.807, 2.05) is 38.1 Å². The highest BCUT2D eigenvalue weighted by atomic mass is 32.2. The van der Waals surface area contributed by atoms with Crippen molar-refractivity contribution in [1.29, 1.82) is 0 Å². The second-order valence-electron chi connectivity index (χ2n) is 6.68. The van der Waals surface area contributed by atoms with Gasteiger partial charge in [0.2, 0.25) is 5.88 Å². The number of pyridine rings is 1. The van der Waals surface area contributed by atoms with Crippen LogP contribution < -0.4 is 0 Å². The first-order valence-corrected chi connectivity index (χ1v) is 10.1. The molecule has 1 N–H and O–H groups in total. The van der Waals surface area contributed by atoms with Crippen molar-refractivity contribution in [2.45, 2.75) is 19.9 Å². The zero-order valence-electron chi connectivity index (χ0n) is 14.9. The summed E-state index contributed by atoms with van der Waals surface area (Å²) >= 11 is 0. The molecular weight excluding hydrogens is 364 g/mol. The maximum absolute atomic E-state index is 11.6. The van der Waals surface area contributed by atoms with Gasteiger partial charge in [-0.2, -0.15) is 0 Å². The van der Waals surface area contributed by atoms with E-state index in [2.05, 4.69) is 15.3 Å². The Morgan fingerprint density at radius 1 is 1.11 bits per heavy atom. The molecule has 4 rings (SSSR count). The van der Waals surface area contributed by atoms with Gasteiger partial charge in [0.1, 0.15) is 5.69 Å². The summed E-state index contributed by atoms with van der Waals surface area (Å²) in [4.78, 5) is 4.29. The number of nitrogens with zero attached hydrogens (tertiary/aromatic N) is 4. The highest BCUT2D eigenvalue weighted by molar-refractivity contribution is 7.94. The number of allylic oxidation sites excluding steroid dienone is 1. The zero-order chi connectivity index (χ0) is 19.2. The topological polar surface area (TPSA) is 98.0 Å². The minimum absolute atomic E-state index is 0.0360. The first-order chi connectivity index (χ1) is 12.8. The Bertz CT molecular complexity index is 1170. The number of benzene rings is 1. The van der Waals surface area contributed by atoms with E-state index in [1.165, 1.54) is 15.7 Å². The molecule has 1 aliphatic rings. The van der Waals surface area contributed by atoms with Crippen molar-refractivity contribution in [3.63, 3.8) is 0 Å². The van der Waals surface area contributed by atoms with Crippen molar-refractivity contribution in [1.82, 2.24) is 20.0 Å². The Kier molecular flexibility index (Phi) is 4.07. The van der Waals surface area contributed by atoms with Gasteiger partial charge in [0, 0.05) is 11.0 Å². The summed E-state index contributed by atoms with van der Waals surface area (Å²) in [6.45, 7) is 4.07. The van der Waals surface area contributed by atoms with Gasteiger partial charge in [-0.3, -0.25) is 0 Å². The number of sulfone groups is 1. The van der Waals surface area contributed by atoms with Crippen molar-refractivity contribution in [3.8, 4) is 28.4 Å². The van der Waals surface area contributed by atoms with Crippen LogP contribution in [-0.2, 0) is 9.84 Å². The van der Waals surface area contributed by atoms with E-state index in [0.717, 1.165) is 11.1 Å². The standard InChI is InChI=1S/C19H18N4O3S/c1-12-3-4-14(9-13(12)2)17-6-5-16(19(24)20-17)18-10-23(22-21-18)15-7-8-27(25,26)11-15/h3-10,15H,11H2,1-2H3,(H,20,24). The number of hydrogen-bond acceptors (Lipinski definition) is 6. The van der Waals surface area contributed by atoms with Crippen molar-refractivity contribution in [3.05, 3.63) is 59.1 Å². The van der Waals surface area contributed by atoms with Gasteiger partial charge in [0.05, 0.1) is 29.2 Å². The fourth-order valence-corrected chi connectivity index (χ4v) is 4.27. The first-order valence-electron chi connectivity index (χ1n) is 8.43. The highest BCUT2D eigenvalue weighted by Crippen LogP contribution is 2.30. The molecule has 3 aromatic rings. The average molecular weight is 382 g/mol. The van der Waals surface area contributed by atoms with Crippen molar-refractivity contribution in [2.24, 2.45) is 0 Å². The molecule has 0 saturated heterocycles. The Balaban J connectivity index is 1.64. The van der Waals surface area contributed by atoms with Crippen LogP contribution in [0.5, 0.6) is 5.88 Å². The molecule has 1 unspecified atom stereocenters. The monoisotopic (exact) mass is 382 g/mol. The minimum atomic E-state index is -3.18. The molecule has 1 aromatic carbocycles. The molecular formula is C19H18N4O3S. The summed E-state index contributed by atoms with van der Waals surface area (Å²) in [5, 5.41) is 19.6. The quantitative estimate of drug-likeness (QED) is 0.748. The fraction of sp³-hybridized carbons (Fsp3) is 0.211. The molecule has 0 bridgehead atoms. The van der Waals surface area contributed by atoms with Gasteiger partial charge in [-0.15, -0.1) is 5.10 Å². The summed E-state index contributed by atoms with van der Waals surface area (Å²) in [5.74, 6) is -0.182. The van der Waals surface area contributed by atoms with Gasteiger partial charge in [0.25, 0.3) is 0 Å². The number of hydrogen-bond donors (Lipinski definition) is 1. The third kappa shape index (κ3) is 3.35. The summed E-state index contributed by atoms with van der Waals surface area (Å²) in [5.41, 5.74) is 4.81. The molecule has 0 amide bonds. The predicted octanol–water partition coefficient (Wildman–Crippen LogP) is 2.81. The Morgan fingerprint density at radius 2 is 1.93 bits per heavy atom. The van der Waals surface area contributed by atoms with Crippen molar-refractivity contribution < 1.29 is 13.5 Å². The number of aromatic hydroxyl groups is 1. The highest BCUT2D eigenvalue weighted by Gasteiger charge is 2.24. The molecule has 2 aromatic heterocycles. The average Bonchev–Trinajstić information content (AvgIpc) is 3.23. The van der Waals surface area contributed by atoms with E-state index in [0.29, 0.717) is 17.0 Å². The van der Waals surface area contributed by atoms with Gasteiger partial charge in [-0.25, -0.2) is 18.1 Å². The summed E-state index contributed by atoms with van der Waals surface area (Å²) in [6.07, 6.45) is 3.19. The molecule has 0 spiro atoms. The van der Waals surface area contributed by atoms with E-state index in [4.69, 9.17) is 0 Å². The van der Waals surface area contributed by atoms with Gasteiger partial charge in [-0.05, 0) is 49.2 Å². The molecule has 1 atom stereocenters. The lowest BCUT2D eigenvalue weighted by Crippen LogP contribution is -2.12. The molecule has 3 heterocycles. The van der Waals surface area contributed by atoms with Crippen LogP contribution in [0.3, 0.4) is 0 Å². The third-order valence-electron chi connectivity index (χ3n) is 4.71. The smallest absolute Gasteiger partial charge is 0.221 e. The van der Waals surface area contributed by atoms with Crippen LogP contribution in [0.4, 0.5) is 0 Å². The fourth-order valence-electron chi connectivity index (χ4n) is 3.00. The molecule has 0 fully saturated rings. The lowest BCUT2D eigenvalue weighted by molar-refractivity contribution is 0.456. The van der Waals surface area contributed by atoms with Crippen LogP contribution >= 0.6 is 0 Å². The van der Waals surface area contributed by atoms with Gasteiger partial charge in [0.15, 0.2) is 9.84 Å². The molecule has 138 valence electrons. The van der Waals surface area contributed by atoms with Crippen LogP contribution in [0.1, 0.15) is 17.2 Å². The van der Waals surface area contributed by atoms with Crippen LogP contribution in [0, 0.1) is 13.8 Å². The largest absolute Gasteiger partial charge is 0.493 e. The zero-order valence-corrected chi connectivity index (χ0v) is 15.7. The Labute approximate surface area is 156 Å². The molecule has 0 radical (unpaired) electrons. The van der Waals surface area contributed by atoms with Gasteiger partial charge < -0.3 is 5.11 Å². The van der Waals surface area contributed by atoms with E-state index in [1.54, 1.807) is 18.3 Å². The number of aromatic nitrogens is 4. The van der Waals surface area contributed by atoms with E-state index in [-0.39, 0.29) is 17.7 Å². The lowest BCUT2D eigenvalue weighted by atomic mass is 10.0. The van der Waals surface area contributed by atoms with Crippen molar-refractivity contribution >= 4 is 9.84 Å². The van der Waals surface area contributed by atoms with Crippen LogP contribution in [0.2, 0.25) is 0 Å². The first kappa shape index (κ1) is 17.4. The van der Waals surface area contributed by atoms with E-state index < -0.39 is 9.84 Å². The Morgan fingerprint density at radius 3 is 2.59 bits per heavy atom. The maximum Gasteiger partial charge on any atom is 0.221 e. The molecule has 7 nitrogen and oxygen atoms in total. The van der Waals surface area contributed by atoms with E-state index >= 15 is 0 Å². The van der Waals surface area contributed by atoms with E-state index in [9.17, 15) is 13.5 Å². The minimum Gasteiger partial charge on any atom is -0.493 e. The summed E-state index contributed by atoms with van der Waals surface area (Å²) < 4.78 is 24.6. The summed E-state index contributed by atoms with van der Waals surface area (Å²) in [7, 11) is -3.18. The summed E-state index contributed by atoms with van der Waals surface area (Å²) in [6, 6.07) is 9.18. The SMILES string of the molecule is Cc1ccc(-c2ccc(-c3cn(C4C=CS(=O)(=O)C4)nn3)c(O)n2)cc1C. The number of rotatable bonds is 3.